The van der Waals surface area contributed by atoms with Crippen molar-refractivity contribution in [3.63, 3.8) is 0 Å². The van der Waals surface area contributed by atoms with Gasteiger partial charge in [-0.05, 0) is 49.6 Å². The van der Waals surface area contributed by atoms with Gasteiger partial charge in [0.1, 0.15) is 0 Å². The molecule has 0 aliphatic rings. The molecule has 0 aliphatic heterocycles. The SMILES string of the molecule is Cc1cccc(C)c1C.Clc1cccc(Cl)c1Cl. The Morgan fingerprint density at radius 2 is 1.06 bits per heavy atom. The number of benzene rings is 2. The minimum atomic E-state index is 0.417. The summed E-state index contributed by atoms with van der Waals surface area (Å²) < 4.78 is 0. The van der Waals surface area contributed by atoms with Crippen molar-refractivity contribution in [2.24, 2.45) is 0 Å². The lowest BCUT2D eigenvalue weighted by Gasteiger charge is -2.00. The van der Waals surface area contributed by atoms with Gasteiger partial charge in [0.2, 0.25) is 0 Å². The molecule has 0 fully saturated rings. The molecule has 0 aromatic heterocycles. The zero-order valence-electron chi connectivity index (χ0n) is 10.6. The highest BCUT2D eigenvalue weighted by Crippen LogP contribution is 2.28. The van der Waals surface area contributed by atoms with Crippen molar-refractivity contribution in [2.75, 3.05) is 0 Å². The Balaban J connectivity index is 0.000000180. The van der Waals surface area contributed by atoms with Crippen molar-refractivity contribution in [3.05, 3.63) is 68.2 Å². The molecule has 3 heteroatoms. The zero-order chi connectivity index (χ0) is 13.7. The molecule has 0 radical (unpaired) electrons. The first-order valence-corrected chi connectivity index (χ1v) is 6.69. The molecular formula is C15H15Cl3. The van der Waals surface area contributed by atoms with Crippen molar-refractivity contribution in [2.45, 2.75) is 20.8 Å². The monoisotopic (exact) mass is 300 g/mol. The predicted octanol–water partition coefficient (Wildman–Crippen LogP) is 6.26. The standard InChI is InChI=1S/C9H12.C6H3Cl3/c1-7-5-4-6-8(2)9(7)3;7-4-2-1-3-5(8)6(4)9/h4-6H,1-3H3;1-3H. The number of rotatable bonds is 0. The van der Waals surface area contributed by atoms with Gasteiger partial charge in [-0.2, -0.15) is 0 Å². The molecule has 2 aromatic carbocycles. The van der Waals surface area contributed by atoms with Crippen molar-refractivity contribution < 1.29 is 0 Å². The van der Waals surface area contributed by atoms with Gasteiger partial charge < -0.3 is 0 Å². The van der Waals surface area contributed by atoms with Gasteiger partial charge in [0.05, 0.1) is 15.1 Å². The normalized spacial score (nSPS) is 9.67. The Morgan fingerprint density at radius 3 is 1.39 bits per heavy atom. The molecule has 0 spiro atoms. The molecule has 0 aliphatic carbocycles. The van der Waals surface area contributed by atoms with Crippen LogP contribution in [0, 0.1) is 20.8 Å². The van der Waals surface area contributed by atoms with Crippen LogP contribution in [0.3, 0.4) is 0 Å². The van der Waals surface area contributed by atoms with E-state index < -0.39 is 0 Å². The maximum atomic E-state index is 5.61. The van der Waals surface area contributed by atoms with Gasteiger partial charge >= 0.3 is 0 Å². The van der Waals surface area contributed by atoms with E-state index in [-0.39, 0.29) is 0 Å². The Morgan fingerprint density at radius 1 is 0.667 bits per heavy atom. The van der Waals surface area contributed by atoms with Gasteiger partial charge in [0.15, 0.2) is 0 Å². The third-order valence-electron chi connectivity index (χ3n) is 2.78. The fourth-order valence-electron chi connectivity index (χ4n) is 1.38. The van der Waals surface area contributed by atoms with E-state index in [1.165, 1.54) is 16.7 Å². The van der Waals surface area contributed by atoms with Crippen LogP contribution < -0.4 is 0 Å². The summed E-state index contributed by atoms with van der Waals surface area (Å²) in [6.45, 7) is 6.44. The van der Waals surface area contributed by atoms with E-state index in [9.17, 15) is 0 Å². The van der Waals surface area contributed by atoms with Crippen LogP contribution in [0.1, 0.15) is 16.7 Å². The molecule has 0 saturated heterocycles. The maximum Gasteiger partial charge on any atom is 0.0778 e. The molecule has 0 bridgehead atoms. The highest BCUT2D eigenvalue weighted by Gasteiger charge is 1.98. The van der Waals surface area contributed by atoms with E-state index >= 15 is 0 Å². The molecule has 0 nitrogen and oxygen atoms in total. The van der Waals surface area contributed by atoms with Gasteiger partial charge in [-0.1, -0.05) is 59.1 Å². The summed E-state index contributed by atoms with van der Waals surface area (Å²) in [5, 5.41) is 1.40. The summed E-state index contributed by atoms with van der Waals surface area (Å²) in [7, 11) is 0. The van der Waals surface area contributed by atoms with Crippen molar-refractivity contribution in [3.8, 4) is 0 Å². The van der Waals surface area contributed by atoms with Crippen LogP contribution in [0.5, 0.6) is 0 Å². The summed E-state index contributed by atoms with van der Waals surface area (Å²) in [6.07, 6.45) is 0. The van der Waals surface area contributed by atoms with Crippen molar-refractivity contribution in [1.82, 2.24) is 0 Å². The predicted molar refractivity (Wildman–Crippen MR) is 82.1 cm³/mol. The van der Waals surface area contributed by atoms with E-state index in [4.69, 9.17) is 34.8 Å². The van der Waals surface area contributed by atoms with E-state index in [0.29, 0.717) is 15.1 Å². The third kappa shape index (κ3) is 4.20. The van der Waals surface area contributed by atoms with Gasteiger partial charge in [-0.3, -0.25) is 0 Å². The Labute approximate surface area is 123 Å². The lowest BCUT2D eigenvalue weighted by Crippen LogP contribution is -1.82. The number of hydrogen-bond donors (Lipinski definition) is 0. The van der Waals surface area contributed by atoms with Gasteiger partial charge in [0, 0.05) is 0 Å². The van der Waals surface area contributed by atoms with Gasteiger partial charge in [-0.25, -0.2) is 0 Å². The minimum absolute atomic E-state index is 0.417. The van der Waals surface area contributed by atoms with Crippen LogP contribution >= 0.6 is 34.8 Å². The molecule has 18 heavy (non-hydrogen) atoms. The van der Waals surface area contributed by atoms with E-state index in [2.05, 4.69) is 39.0 Å². The lowest BCUT2D eigenvalue weighted by molar-refractivity contribution is 1.27. The second-order valence-corrected chi connectivity index (χ2v) is 5.24. The largest absolute Gasteiger partial charge is 0.0827 e. The maximum absolute atomic E-state index is 5.61. The Bertz CT molecular complexity index is 443. The van der Waals surface area contributed by atoms with E-state index in [1.807, 2.05) is 0 Å². The molecule has 0 unspecified atom stereocenters. The summed E-state index contributed by atoms with van der Waals surface area (Å²) >= 11 is 16.8. The molecule has 2 aromatic rings. The molecule has 0 N–H and O–H groups in total. The molecule has 0 atom stereocenters. The average Bonchev–Trinajstić information content (AvgIpc) is 2.34. The summed E-state index contributed by atoms with van der Waals surface area (Å²) in [6, 6.07) is 11.5. The minimum Gasteiger partial charge on any atom is -0.0827 e. The summed E-state index contributed by atoms with van der Waals surface area (Å²) in [5.74, 6) is 0. The highest BCUT2D eigenvalue weighted by atomic mass is 35.5. The summed E-state index contributed by atoms with van der Waals surface area (Å²) in [4.78, 5) is 0. The van der Waals surface area contributed by atoms with E-state index in [1.54, 1.807) is 18.2 Å². The third-order valence-corrected chi connectivity index (χ3v) is 4.01. The molecule has 2 rings (SSSR count). The molecule has 96 valence electrons. The topological polar surface area (TPSA) is 0 Å². The second-order valence-electron chi connectivity index (χ2n) is 4.05. The first kappa shape index (κ1) is 15.4. The Kier molecular flexibility index (Phi) is 6.01. The van der Waals surface area contributed by atoms with Gasteiger partial charge in [0.25, 0.3) is 0 Å². The van der Waals surface area contributed by atoms with Crippen molar-refractivity contribution in [1.29, 1.82) is 0 Å². The number of halogens is 3. The lowest BCUT2D eigenvalue weighted by atomic mass is 10.1. The van der Waals surface area contributed by atoms with E-state index in [0.717, 1.165) is 0 Å². The first-order chi connectivity index (χ1) is 8.43. The molecule has 0 amide bonds. The van der Waals surface area contributed by atoms with Crippen LogP contribution in [-0.4, -0.2) is 0 Å². The quantitative estimate of drug-likeness (QED) is 0.504. The summed E-state index contributed by atoms with van der Waals surface area (Å²) in [5.41, 5.74) is 4.18. The highest BCUT2D eigenvalue weighted by molar-refractivity contribution is 6.47. The zero-order valence-corrected chi connectivity index (χ0v) is 12.9. The van der Waals surface area contributed by atoms with Crippen LogP contribution in [0.2, 0.25) is 15.1 Å². The number of hydrogen-bond acceptors (Lipinski definition) is 0. The van der Waals surface area contributed by atoms with Crippen LogP contribution in [-0.2, 0) is 0 Å². The fourth-order valence-corrected chi connectivity index (χ4v) is 1.90. The first-order valence-electron chi connectivity index (χ1n) is 5.55. The van der Waals surface area contributed by atoms with Crippen LogP contribution in [0.25, 0.3) is 0 Å². The average molecular weight is 302 g/mol. The second kappa shape index (κ2) is 7.04. The smallest absolute Gasteiger partial charge is 0.0778 e. The van der Waals surface area contributed by atoms with Crippen LogP contribution in [0.4, 0.5) is 0 Å². The Hall–Kier alpha value is -0.690. The van der Waals surface area contributed by atoms with Crippen molar-refractivity contribution >= 4 is 34.8 Å². The molecule has 0 heterocycles. The number of aryl methyl sites for hydroxylation is 2. The van der Waals surface area contributed by atoms with Crippen LogP contribution in [0.15, 0.2) is 36.4 Å². The molecular weight excluding hydrogens is 287 g/mol. The van der Waals surface area contributed by atoms with Gasteiger partial charge in [-0.15, -0.1) is 0 Å². The molecule has 0 saturated carbocycles. The fraction of sp³-hybridized carbons (Fsp3) is 0.200.